The Labute approximate surface area is 41.6 Å². The smallest absolute Gasteiger partial charge is 0.104 e. The van der Waals surface area contributed by atoms with Crippen molar-refractivity contribution in [3.63, 3.8) is 0 Å². The van der Waals surface area contributed by atoms with Crippen LogP contribution in [0.2, 0.25) is 0 Å². The van der Waals surface area contributed by atoms with Crippen molar-refractivity contribution in [3.05, 3.63) is 0 Å². The fourth-order valence-electron chi connectivity index (χ4n) is 0.0577. The SMILES string of the molecule is C=N[N+](N)(N)OC. The molecular formula is C2H9N4O+. The minimum absolute atomic E-state index is 0.847. The highest BCUT2D eigenvalue weighted by atomic mass is 16.8. The first-order valence-corrected chi connectivity index (χ1v) is 1.62. The van der Waals surface area contributed by atoms with E-state index in [0.717, 1.165) is 0 Å². The quantitative estimate of drug-likeness (QED) is 0.199. The molecule has 7 heavy (non-hydrogen) atoms. The van der Waals surface area contributed by atoms with Gasteiger partial charge in [0.05, 0.1) is 11.7 Å². The Bertz CT molecular complexity index is 70.1. The van der Waals surface area contributed by atoms with Crippen LogP contribution in [0.3, 0.4) is 0 Å². The molecule has 0 unspecified atom stereocenters. The normalized spacial score (nSPS) is 11.3. The highest BCUT2D eigenvalue weighted by molar-refractivity contribution is 5.21. The fraction of sp³-hybridized carbons (Fsp3) is 0.500. The molecule has 0 fully saturated rings. The van der Waals surface area contributed by atoms with E-state index in [4.69, 9.17) is 11.7 Å². The molecule has 0 atom stereocenters. The van der Waals surface area contributed by atoms with E-state index in [-0.39, 0.29) is 0 Å². The van der Waals surface area contributed by atoms with Crippen LogP contribution in [0.4, 0.5) is 0 Å². The first-order chi connectivity index (χ1) is 3.12. The molecule has 0 saturated heterocycles. The standard InChI is InChI=1S/C2H9N4O/c1-5-6(3,4)7-2/h1,3-4H2,2H3/q+1. The summed E-state index contributed by atoms with van der Waals surface area (Å²) in [7, 11) is 1.33. The lowest BCUT2D eigenvalue weighted by molar-refractivity contribution is -1.13. The largest absolute Gasteiger partial charge is 0.135 e. The van der Waals surface area contributed by atoms with Gasteiger partial charge in [-0.05, 0) is 5.10 Å². The van der Waals surface area contributed by atoms with Crippen LogP contribution in [0.1, 0.15) is 0 Å². The van der Waals surface area contributed by atoms with E-state index in [2.05, 4.69) is 16.7 Å². The zero-order valence-corrected chi connectivity index (χ0v) is 4.16. The molecule has 0 heterocycles. The van der Waals surface area contributed by atoms with E-state index in [1.807, 2.05) is 0 Å². The molecule has 0 aromatic rings. The molecule has 0 aliphatic rings. The molecule has 0 rings (SSSR count). The lowest BCUT2D eigenvalue weighted by atomic mass is 11.6. The van der Waals surface area contributed by atoms with Gasteiger partial charge in [-0.15, -0.1) is 4.84 Å². The Morgan fingerprint density at radius 2 is 2.14 bits per heavy atom. The molecule has 0 amide bonds. The van der Waals surface area contributed by atoms with E-state index in [9.17, 15) is 0 Å². The number of hydrogen-bond acceptors (Lipinski definition) is 4. The second-order valence-corrected chi connectivity index (χ2v) is 0.996. The maximum atomic E-state index is 4.98. The van der Waals surface area contributed by atoms with Crippen molar-refractivity contribution in [2.45, 2.75) is 0 Å². The summed E-state index contributed by atoms with van der Waals surface area (Å²) < 4.78 is 0. The van der Waals surface area contributed by atoms with E-state index in [1.165, 1.54) is 7.11 Å². The van der Waals surface area contributed by atoms with Crippen molar-refractivity contribution in [2.24, 2.45) is 16.8 Å². The summed E-state index contributed by atoms with van der Waals surface area (Å²) in [4.78, 5) is 3.50. The van der Waals surface area contributed by atoms with Crippen LogP contribution < -0.4 is 11.7 Å². The number of nitrogens with two attached hydrogens (primary N) is 2. The Morgan fingerprint density at radius 1 is 1.71 bits per heavy atom. The monoisotopic (exact) mass is 105 g/mol. The summed E-state index contributed by atoms with van der Waals surface area (Å²) in [6, 6.07) is 0. The average molecular weight is 105 g/mol. The Hall–Kier alpha value is -0.490. The summed E-state index contributed by atoms with van der Waals surface area (Å²) in [5.41, 5.74) is 0. The minimum atomic E-state index is -0.847. The van der Waals surface area contributed by atoms with Gasteiger partial charge in [0.25, 0.3) is 0 Å². The predicted molar refractivity (Wildman–Crippen MR) is 25.2 cm³/mol. The van der Waals surface area contributed by atoms with Crippen LogP contribution in [0.25, 0.3) is 0 Å². The van der Waals surface area contributed by atoms with Crippen molar-refractivity contribution in [3.8, 4) is 0 Å². The van der Waals surface area contributed by atoms with Crippen LogP contribution in [-0.2, 0) is 4.84 Å². The van der Waals surface area contributed by atoms with Gasteiger partial charge in [0.1, 0.15) is 7.11 Å². The topological polar surface area (TPSA) is 73.6 Å². The number of nitrogens with zero attached hydrogens (tertiary/aromatic N) is 2. The lowest BCUT2D eigenvalue weighted by Crippen LogP contribution is -2.54. The van der Waals surface area contributed by atoms with Crippen molar-refractivity contribution in [2.75, 3.05) is 7.11 Å². The molecule has 0 aliphatic heterocycles. The third-order valence-corrected chi connectivity index (χ3v) is 0.514. The minimum Gasteiger partial charge on any atom is -0.135 e. The van der Waals surface area contributed by atoms with Crippen molar-refractivity contribution in [1.29, 1.82) is 0 Å². The summed E-state index contributed by atoms with van der Waals surface area (Å²) in [5.74, 6) is 9.96. The average Bonchev–Trinajstić information content (AvgIpc) is 1.68. The first kappa shape index (κ1) is 6.51. The molecule has 0 radical (unpaired) electrons. The van der Waals surface area contributed by atoms with Gasteiger partial charge < -0.3 is 0 Å². The highest BCUT2D eigenvalue weighted by Gasteiger charge is 2.10. The Balaban J connectivity index is 3.58. The first-order valence-electron chi connectivity index (χ1n) is 1.62. The summed E-state index contributed by atoms with van der Waals surface area (Å²) in [6.45, 7) is 3.05. The van der Waals surface area contributed by atoms with Gasteiger partial charge in [-0.2, -0.15) is 0 Å². The van der Waals surface area contributed by atoms with Gasteiger partial charge in [0, 0.05) is 0 Å². The van der Waals surface area contributed by atoms with Gasteiger partial charge >= 0.3 is 0 Å². The molecule has 0 bridgehead atoms. The van der Waals surface area contributed by atoms with Gasteiger partial charge in [-0.25, -0.2) is 0 Å². The van der Waals surface area contributed by atoms with Crippen molar-refractivity contribution >= 4 is 6.72 Å². The van der Waals surface area contributed by atoms with Crippen LogP contribution >= 0.6 is 0 Å². The van der Waals surface area contributed by atoms with Crippen LogP contribution in [0.15, 0.2) is 5.10 Å². The second kappa shape index (κ2) is 1.99. The molecule has 4 N–H and O–H groups in total. The van der Waals surface area contributed by atoms with Crippen molar-refractivity contribution < 1.29 is 9.81 Å². The zero-order valence-electron chi connectivity index (χ0n) is 4.16. The van der Waals surface area contributed by atoms with Crippen LogP contribution in [0, 0.1) is 0 Å². The second-order valence-electron chi connectivity index (χ2n) is 0.996. The molecule has 0 aromatic carbocycles. The van der Waals surface area contributed by atoms with Gasteiger partial charge in [-0.1, -0.05) is 11.7 Å². The number of rotatable bonds is 2. The molecule has 42 valence electrons. The van der Waals surface area contributed by atoms with Gasteiger partial charge in [-0.3, -0.25) is 0 Å². The number of quaternary nitrogens is 1. The van der Waals surface area contributed by atoms with E-state index in [0.29, 0.717) is 0 Å². The van der Waals surface area contributed by atoms with E-state index < -0.39 is 4.97 Å². The molecular weight excluding hydrogens is 96.0 g/mol. The van der Waals surface area contributed by atoms with Crippen LogP contribution in [0.5, 0.6) is 0 Å². The Morgan fingerprint density at radius 3 is 2.14 bits per heavy atom. The van der Waals surface area contributed by atoms with E-state index >= 15 is 0 Å². The molecule has 0 aromatic heterocycles. The lowest BCUT2D eigenvalue weighted by Gasteiger charge is -2.11. The molecule has 0 aliphatic carbocycles. The van der Waals surface area contributed by atoms with Gasteiger partial charge in [0.15, 0.2) is 0 Å². The summed E-state index contributed by atoms with van der Waals surface area (Å²) in [6.07, 6.45) is 0. The maximum Gasteiger partial charge on any atom is 0.104 e. The molecule has 0 spiro atoms. The molecule has 5 nitrogen and oxygen atoms in total. The van der Waals surface area contributed by atoms with Crippen LogP contribution in [-0.4, -0.2) is 18.8 Å². The Kier molecular flexibility index (Phi) is 1.85. The number of hydrogen-bond donors (Lipinski definition) is 2. The maximum absolute atomic E-state index is 4.98. The van der Waals surface area contributed by atoms with E-state index in [1.54, 1.807) is 0 Å². The summed E-state index contributed by atoms with van der Waals surface area (Å²) >= 11 is 0. The molecule has 5 heteroatoms. The molecule has 0 saturated carbocycles. The third kappa shape index (κ3) is 2.24. The highest BCUT2D eigenvalue weighted by Crippen LogP contribution is 1.81. The third-order valence-electron chi connectivity index (χ3n) is 0.514. The zero-order chi connectivity index (χ0) is 5.91. The predicted octanol–water partition coefficient (Wildman–Crippen LogP) is -1.27. The fourth-order valence-corrected chi connectivity index (χ4v) is 0.0577. The van der Waals surface area contributed by atoms with Crippen molar-refractivity contribution in [1.82, 2.24) is 0 Å². The summed E-state index contributed by atoms with van der Waals surface area (Å²) in [5, 5.41) is 3.16. The van der Waals surface area contributed by atoms with Gasteiger partial charge in [0.2, 0.25) is 0 Å².